The molecule has 4 heterocycles. The number of carbonyl (C=O) groups excluding carboxylic acids is 1. The van der Waals surface area contributed by atoms with Crippen molar-refractivity contribution in [3.05, 3.63) is 58.8 Å². The summed E-state index contributed by atoms with van der Waals surface area (Å²) in [6, 6.07) is 15.4. The van der Waals surface area contributed by atoms with Crippen molar-refractivity contribution in [3.63, 3.8) is 0 Å². The van der Waals surface area contributed by atoms with Crippen molar-refractivity contribution in [1.82, 2.24) is 19.8 Å². The van der Waals surface area contributed by atoms with Crippen molar-refractivity contribution in [1.29, 1.82) is 5.26 Å². The topological polar surface area (TPSA) is 94.8 Å². The van der Waals surface area contributed by atoms with Crippen molar-refractivity contribution < 1.29 is 14.3 Å². The number of carbonyl (C=O) groups is 1. The number of nitriles is 1. The molecule has 222 valence electrons. The first-order valence-corrected chi connectivity index (χ1v) is 15.1. The first kappa shape index (κ1) is 28.9. The molecule has 2 aromatic carbocycles. The number of hydrogen-bond acceptors (Lipinski definition) is 8. The predicted octanol–water partition coefficient (Wildman–Crippen LogP) is 4.18. The van der Waals surface area contributed by atoms with Gasteiger partial charge in [-0.3, -0.25) is 4.79 Å². The van der Waals surface area contributed by atoms with E-state index in [1.807, 2.05) is 0 Å². The first-order valence-electron chi connectivity index (χ1n) is 15.1. The number of nitrogens with zero attached hydrogens (tertiary/aromatic N) is 6. The third-order valence-electron chi connectivity index (χ3n) is 9.03. The van der Waals surface area contributed by atoms with Crippen LogP contribution in [0.1, 0.15) is 54.7 Å². The van der Waals surface area contributed by atoms with Crippen LogP contribution in [0.5, 0.6) is 6.01 Å². The van der Waals surface area contributed by atoms with Gasteiger partial charge in [-0.05, 0) is 68.1 Å². The fraction of sp³-hybridized carbons (Fsp3) is 0.471. The van der Waals surface area contributed by atoms with Gasteiger partial charge in [-0.1, -0.05) is 42.3 Å². The monoisotopic (exact) mass is 578 g/mol. The van der Waals surface area contributed by atoms with Gasteiger partial charge in [-0.2, -0.15) is 15.2 Å². The van der Waals surface area contributed by atoms with Crippen LogP contribution in [0.25, 0.3) is 10.8 Å². The van der Waals surface area contributed by atoms with Gasteiger partial charge in [0.2, 0.25) is 0 Å². The van der Waals surface area contributed by atoms with Crippen LogP contribution >= 0.6 is 0 Å². The molecular weight excluding hydrogens is 540 g/mol. The van der Waals surface area contributed by atoms with Crippen LogP contribution in [0.15, 0.2) is 36.4 Å². The van der Waals surface area contributed by atoms with E-state index >= 15 is 0 Å². The number of fused-ring (bicyclic) bond motifs is 2. The molecule has 0 saturated carbocycles. The van der Waals surface area contributed by atoms with Gasteiger partial charge in [0.05, 0.1) is 36.9 Å². The van der Waals surface area contributed by atoms with Crippen molar-refractivity contribution in [2.75, 3.05) is 44.7 Å². The van der Waals surface area contributed by atoms with Crippen LogP contribution in [0.2, 0.25) is 0 Å². The van der Waals surface area contributed by atoms with Crippen LogP contribution in [-0.2, 0) is 22.6 Å². The summed E-state index contributed by atoms with van der Waals surface area (Å²) < 4.78 is 12.8. The third kappa shape index (κ3) is 5.88. The Balaban J connectivity index is 1.34. The molecule has 3 aliphatic heterocycles. The van der Waals surface area contributed by atoms with Crippen LogP contribution in [0.3, 0.4) is 0 Å². The second-order valence-electron chi connectivity index (χ2n) is 11.7. The third-order valence-corrected chi connectivity index (χ3v) is 9.03. The highest BCUT2D eigenvalue weighted by Gasteiger charge is 2.35. The van der Waals surface area contributed by atoms with E-state index in [0.29, 0.717) is 51.3 Å². The maximum absolute atomic E-state index is 12.7. The Kier molecular flexibility index (Phi) is 8.47. The molecule has 3 atom stereocenters. The van der Waals surface area contributed by atoms with E-state index < -0.39 is 0 Å². The minimum absolute atomic E-state index is 0.151. The fourth-order valence-electron chi connectivity index (χ4n) is 6.72. The van der Waals surface area contributed by atoms with E-state index in [1.54, 1.807) is 11.8 Å². The van der Waals surface area contributed by atoms with E-state index in [-0.39, 0.29) is 24.5 Å². The first-order chi connectivity index (χ1) is 21.0. The Morgan fingerprint density at radius 1 is 1.14 bits per heavy atom. The Morgan fingerprint density at radius 2 is 1.98 bits per heavy atom. The molecular formula is C34H38N6O3. The number of aromatic nitrogens is 2. The molecule has 3 aliphatic rings. The molecule has 1 amide bonds. The number of piperazine rings is 1. The summed E-state index contributed by atoms with van der Waals surface area (Å²) in [5.74, 6) is 5.86. The molecule has 2 fully saturated rings. The quantitative estimate of drug-likeness (QED) is 0.402. The van der Waals surface area contributed by atoms with Gasteiger partial charge in [0.15, 0.2) is 0 Å². The number of amides is 1. The minimum atomic E-state index is -0.287. The highest BCUT2D eigenvalue weighted by atomic mass is 16.5. The number of rotatable bonds is 6. The van der Waals surface area contributed by atoms with Crippen molar-refractivity contribution in [3.8, 4) is 23.9 Å². The zero-order valence-electron chi connectivity index (χ0n) is 25.2. The van der Waals surface area contributed by atoms with Gasteiger partial charge < -0.3 is 24.2 Å². The predicted molar refractivity (Wildman–Crippen MR) is 164 cm³/mol. The minimum Gasteiger partial charge on any atom is -0.462 e. The Bertz CT molecular complexity index is 1620. The molecule has 43 heavy (non-hydrogen) atoms. The van der Waals surface area contributed by atoms with Gasteiger partial charge in [0.25, 0.3) is 5.91 Å². The van der Waals surface area contributed by atoms with E-state index in [4.69, 9.17) is 19.4 Å². The second-order valence-corrected chi connectivity index (χ2v) is 11.7. The summed E-state index contributed by atoms with van der Waals surface area (Å²) in [5, 5.41) is 12.0. The van der Waals surface area contributed by atoms with Crippen LogP contribution in [-0.4, -0.2) is 77.6 Å². The van der Waals surface area contributed by atoms with E-state index in [9.17, 15) is 10.1 Å². The lowest BCUT2D eigenvalue weighted by Gasteiger charge is -2.41. The molecule has 0 spiro atoms. The summed E-state index contributed by atoms with van der Waals surface area (Å²) in [6.07, 6.45) is 2.93. The number of likely N-dealkylation sites (N-methyl/N-ethyl adjacent to an activating group) is 1. The van der Waals surface area contributed by atoms with Crippen molar-refractivity contribution in [2.45, 2.75) is 64.3 Å². The molecule has 0 radical (unpaired) electrons. The van der Waals surface area contributed by atoms with Crippen molar-refractivity contribution >= 4 is 22.5 Å². The maximum Gasteiger partial charge on any atom is 0.318 e. The number of benzene rings is 2. The normalized spacial score (nSPS) is 22.0. The van der Waals surface area contributed by atoms with Gasteiger partial charge in [-0.15, -0.1) is 0 Å². The number of ether oxygens (including phenoxy) is 2. The number of likely N-dealkylation sites (tertiary alicyclic amines) is 1. The Morgan fingerprint density at radius 3 is 2.74 bits per heavy atom. The zero-order valence-corrected chi connectivity index (χ0v) is 25.2. The summed E-state index contributed by atoms with van der Waals surface area (Å²) in [5.41, 5.74) is 4.25. The molecule has 0 N–H and O–H groups in total. The van der Waals surface area contributed by atoms with Crippen LogP contribution in [0, 0.1) is 30.1 Å². The van der Waals surface area contributed by atoms with Crippen molar-refractivity contribution in [2.24, 2.45) is 0 Å². The average molecular weight is 579 g/mol. The molecule has 9 heteroatoms. The largest absolute Gasteiger partial charge is 0.462 e. The average Bonchev–Trinajstić information content (AvgIpc) is 3.43. The van der Waals surface area contributed by atoms with E-state index in [2.05, 4.69) is 78.1 Å². The molecule has 6 rings (SSSR count). The summed E-state index contributed by atoms with van der Waals surface area (Å²) in [7, 11) is 2.13. The number of hydrogen-bond donors (Lipinski definition) is 0. The summed E-state index contributed by atoms with van der Waals surface area (Å²) in [4.78, 5) is 28.8. The van der Waals surface area contributed by atoms with Crippen LogP contribution < -0.4 is 9.64 Å². The zero-order chi connectivity index (χ0) is 29.9. The SMILES string of the molecule is CC#CC(=O)N1CCN(c2nc(OC[C@@H]3CCCN3C)nc3c2COC(c2cccc4cccc(C)c24)C3)C[C@@H]1CC#N. The smallest absolute Gasteiger partial charge is 0.318 e. The molecule has 2 saturated heterocycles. The molecule has 1 unspecified atom stereocenters. The van der Waals surface area contributed by atoms with Gasteiger partial charge in [0, 0.05) is 37.7 Å². The maximum atomic E-state index is 12.7. The van der Waals surface area contributed by atoms with Gasteiger partial charge in [-0.25, -0.2) is 0 Å². The van der Waals surface area contributed by atoms with Gasteiger partial charge >= 0.3 is 6.01 Å². The summed E-state index contributed by atoms with van der Waals surface area (Å²) >= 11 is 0. The highest BCUT2D eigenvalue weighted by molar-refractivity contribution is 5.94. The second kappa shape index (κ2) is 12.6. The highest BCUT2D eigenvalue weighted by Crippen LogP contribution is 2.38. The number of anilines is 1. The molecule has 0 bridgehead atoms. The van der Waals surface area contributed by atoms with E-state index in [1.165, 1.54) is 16.3 Å². The lowest BCUT2D eigenvalue weighted by molar-refractivity contribution is -0.127. The summed E-state index contributed by atoms with van der Waals surface area (Å²) in [6.45, 7) is 7.27. The molecule has 9 nitrogen and oxygen atoms in total. The van der Waals surface area contributed by atoms with E-state index in [0.717, 1.165) is 42.0 Å². The van der Waals surface area contributed by atoms with Gasteiger partial charge in [0.1, 0.15) is 12.4 Å². The Hall–Kier alpha value is -4.18. The number of aryl methyl sites for hydroxylation is 1. The lowest BCUT2D eigenvalue weighted by Crippen LogP contribution is -2.55. The standard InChI is InChI=1S/C34H38N6O3/c1-4-8-31(41)40-18-17-39(20-25(40)14-15-35)33-28-22-42-30(27-13-6-11-24-10-5-9-23(2)32(24)27)19-29(28)36-34(37-33)43-21-26-12-7-16-38(26)3/h5-6,9-11,13,25-26,30H,7,12,14,16-22H2,1-3H3/t25-,26-,30?/m0/s1. The molecule has 3 aromatic rings. The molecule has 1 aromatic heterocycles. The van der Waals surface area contributed by atoms with Crippen LogP contribution in [0.4, 0.5) is 5.82 Å². The molecule has 0 aliphatic carbocycles. The fourth-order valence-corrected chi connectivity index (χ4v) is 6.72. The Labute approximate surface area is 253 Å². The lowest BCUT2D eigenvalue weighted by atomic mass is 9.92.